The van der Waals surface area contributed by atoms with Gasteiger partial charge in [0.15, 0.2) is 5.60 Å². The summed E-state index contributed by atoms with van der Waals surface area (Å²) in [6, 6.07) is 6.99. The Balaban J connectivity index is 2.82. The lowest BCUT2D eigenvalue weighted by molar-refractivity contribution is -0.158. The van der Waals surface area contributed by atoms with Gasteiger partial charge in [0.2, 0.25) is 0 Å². The van der Waals surface area contributed by atoms with Gasteiger partial charge in [0.05, 0.1) is 7.11 Å². The van der Waals surface area contributed by atoms with Gasteiger partial charge in [-0.1, -0.05) is 19.1 Å². The Morgan fingerprint density at radius 1 is 1.38 bits per heavy atom. The molecule has 0 bridgehead atoms. The van der Waals surface area contributed by atoms with Crippen molar-refractivity contribution in [1.29, 1.82) is 0 Å². The van der Waals surface area contributed by atoms with Crippen LogP contribution in [0.2, 0.25) is 0 Å². The quantitative estimate of drug-likeness (QED) is 0.794. The summed E-state index contributed by atoms with van der Waals surface area (Å²) >= 11 is 0. The molecule has 0 aliphatic heterocycles. The van der Waals surface area contributed by atoms with Crippen molar-refractivity contribution < 1.29 is 19.7 Å². The smallest absolute Gasteiger partial charge is 0.336 e. The number of hydrogen-bond acceptors (Lipinski definition) is 3. The van der Waals surface area contributed by atoms with Crippen molar-refractivity contribution in [2.45, 2.75) is 25.4 Å². The summed E-state index contributed by atoms with van der Waals surface area (Å²) in [6.07, 6.45) is 0.275. The van der Waals surface area contributed by atoms with E-state index in [1.165, 1.54) is 0 Å². The van der Waals surface area contributed by atoms with E-state index >= 15 is 0 Å². The minimum atomic E-state index is -1.69. The van der Waals surface area contributed by atoms with Gasteiger partial charge in [-0.2, -0.15) is 0 Å². The molecule has 16 heavy (non-hydrogen) atoms. The molecule has 0 radical (unpaired) electrons. The van der Waals surface area contributed by atoms with Crippen LogP contribution in [0.4, 0.5) is 0 Å². The van der Waals surface area contributed by atoms with Crippen molar-refractivity contribution in [2.24, 2.45) is 0 Å². The molecule has 4 nitrogen and oxygen atoms in total. The predicted molar refractivity (Wildman–Crippen MR) is 59.6 cm³/mol. The van der Waals surface area contributed by atoms with Crippen molar-refractivity contribution in [3.8, 4) is 5.75 Å². The second-order valence-electron chi connectivity index (χ2n) is 3.72. The highest BCUT2D eigenvalue weighted by atomic mass is 16.5. The Bertz CT molecular complexity index is 358. The van der Waals surface area contributed by atoms with E-state index in [9.17, 15) is 9.90 Å². The van der Waals surface area contributed by atoms with Gasteiger partial charge >= 0.3 is 5.97 Å². The maximum atomic E-state index is 10.9. The van der Waals surface area contributed by atoms with Crippen molar-refractivity contribution in [1.82, 2.24) is 0 Å². The van der Waals surface area contributed by atoms with Gasteiger partial charge in [0.1, 0.15) is 5.75 Å². The first-order valence-electron chi connectivity index (χ1n) is 5.10. The van der Waals surface area contributed by atoms with Gasteiger partial charge in [-0.05, 0) is 24.1 Å². The largest absolute Gasteiger partial charge is 0.497 e. The summed E-state index contributed by atoms with van der Waals surface area (Å²) in [6.45, 7) is 1.65. The topological polar surface area (TPSA) is 66.8 Å². The van der Waals surface area contributed by atoms with E-state index in [0.29, 0.717) is 5.75 Å². The summed E-state index contributed by atoms with van der Waals surface area (Å²) < 4.78 is 4.99. The van der Waals surface area contributed by atoms with E-state index in [1.54, 1.807) is 38.3 Å². The number of rotatable bonds is 5. The highest BCUT2D eigenvalue weighted by Crippen LogP contribution is 2.19. The summed E-state index contributed by atoms with van der Waals surface area (Å²) in [5.74, 6) is -0.482. The molecule has 0 aliphatic rings. The number of hydrogen-bond donors (Lipinski definition) is 2. The third kappa shape index (κ3) is 2.73. The fraction of sp³-hybridized carbons (Fsp3) is 0.417. The monoisotopic (exact) mass is 224 g/mol. The molecule has 0 unspecified atom stereocenters. The molecule has 0 fully saturated rings. The zero-order chi connectivity index (χ0) is 12.2. The maximum absolute atomic E-state index is 10.9. The molecule has 1 atom stereocenters. The number of ether oxygens (including phenoxy) is 1. The Morgan fingerprint density at radius 3 is 2.31 bits per heavy atom. The van der Waals surface area contributed by atoms with Gasteiger partial charge in [0.25, 0.3) is 0 Å². The van der Waals surface area contributed by atoms with Gasteiger partial charge in [0, 0.05) is 6.42 Å². The van der Waals surface area contributed by atoms with Crippen LogP contribution in [0, 0.1) is 0 Å². The Morgan fingerprint density at radius 2 is 1.94 bits per heavy atom. The van der Waals surface area contributed by atoms with E-state index < -0.39 is 11.6 Å². The zero-order valence-corrected chi connectivity index (χ0v) is 9.43. The molecular formula is C12H16O4. The molecule has 2 N–H and O–H groups in total. The minimum Gasteiger partial charge on any atom is -0.497 e. The third-order valence-corrected chi connectivity index (χ3v) is 2.64. The second kappa shape index (κ2) is 4.99. The second-order valence-corrected chi connectivity index (χ2v) is 3.72. The molecule has 0 aromatic heterocycles. The molecule has 0 aliphatic carbocycles. The van der Waals surface area contributed by atoms with E-state index in [2.05, 4.69) is 0 Å². The minimum absolute atomic E-state index is 0.100. The van der Waals surface area contributed by atoms with Crippen LogP contribution in [-0.4, -0.2) is 28.9 Å². The van der Waals surface area contributed by atoms with E-state index in [4.69, 9.17) is 9.84 Å². The first kappa shape index (κ1) is 12.5. The average Bonchev–Trinajstić information content (AvgIpc) is 2.29. The number of benzene rings is 1. The van der Waals surface area contributed by atoms with Crippen LogP contribution >= 0.6 is 0 Å². The number of aliphatic carboxylic acids is 1. The van der Waals surface area contributed by atoms with Gasteiger partial charge in [-0.3, -0.25) is 0 Å². The maximum Gasteiger partial charge on any atom is 0.336 e. The summed E-state index contributed by atoms with van der Waals surface area (Å²) in [4.78, 5) is 10.9. The number of carbonyl (C=O) groups is 1. The van der Waals surface area contributed by atoms with Crippen LogP contribution in [0.5, 0.6) is 5.75 Å². The molecule has 88 valence electrons. The van der Waals surface area contributed by atoms with Crippen LogP contribution in [0.15, 0.2) is 24.3 Å². The fourth-order valence-electron chi connectivity index (χ4n) is 1.43. The highest BCUT2D eigenvalue weighted by Gasteiger charge is 2.33. The van der Waals surface area contributed by atoms with Crippen LogP contribution in [0.25, 0.3) is 0 Å². The SMILES string of the molecule is CC[C@@](O)(Cc1ccc(OC)cc1)C(=O)O. The number of carboxylic acids is 1. The molecule has 0 heterocycles. The molecule has 1 aromatic rings. The van der Waals surface area contributed by atoms with Gasteiger partial charge < -0.3 is 14.9 Å². The van der Waals surface area contributed by atoms with Crippen LogP contribution < -0.4 is 4.74 Å². The van der Waals surface area contributed by atoms with Crippen LogP contribution in [0.1, 0.15) is 18.9 Å². The number of methoxy groups -OCH3 is 1. The van der Waals surface area contributed by atoms with E-state index in [0.717, 1.165) is 5.56 Å². The molecule has 0 amide bonds. The van der Waals surface area contributed by atoms with Crippen LogP contribution in [0.3, 0.4) is 0 Å². The molecular weight excluding hydrogens is 208 g/mol. The lowest BCUT2D eigenvalue weighted by Crippen LogP contribution is -2.40. The lowest BCUT2D eigenvalue weighted by atomic mass is 9.92. The fourth-order valence-corrected chi connectivity index (χ4v) is 1.43. The van der Waals surface area contributed by atoms with Crippen molar-refractivity contribution in [3.05, 3.63) is 29.8 Å². The van der Waals surface area contributed by atoms with Gasteiger partial charge in [-0.25, -0.2) is 4.79 Å². The normalized spacial score (nSPS) is 14.2. The molecule has 1 aromatic carbocycles. The lowest BCUT2D eigenvalue weighted by Gasteiger charge is -2.21. The number of carboxylic acid groups (broad SMARTS) is 1. The molecule has 1 rings (SSSR count). The van der Waals surface area contributed by atoms with Crippen molar-refractivity contribution in [3.63, 3.8) is 0 Å². The number of aliphatic hydroxyl groups is 1. The Hall–Kier alpha value is -1.55. The third-order valence-electron chi connectivity index (χ3n) is 2.64. The average molecular weight is 224 g/mol. The molecule has 0 spiro atoms. The Kier molecular flexibility index (Phi) is 3.90. The standard InChI is InChI=1S/C12H16O4/c1-3-12(15,11(13)14)8-9-4-6-10(16-2)7-5-9/h4-7,15H,3,8H2,1-2H3,(H,13,14)/t12-/m1/s1. The van der Waals surface area contributed by atoms with Gasteiger partial charge in [-0.15, -0.1) is 0 Å². The first-order chi connectivity index (χ1) is 7.51. The molecule has 0 saturated heterocycles. The van der Waals surface area contributed by atoms with Crippen molar-refractivity contribution >= 4 is 5.97 Å². The van der Waals surface area contributed by atoms with Crippen LogP contribution in [-0.2, 0) is 11.2 Å². The predicted octanol–water partition coefficient (Wildman–Crippen LogP) is 1.46. The summed E-state index contributed by atoms with van der Waals surface area (Å²) in [7, 11) is 1.56. The van der Waals surface area contributed by atoms with Crippen molar-refractivity contribution in [2.75, 3.05) is 7.11 Å². The molecule has 4 heteroatoms. The summed E-state index contributed by atoms with van der Waals surface area (Å²) in [5, 5.41) is 18.8. The zero-order valence-electron chi connectivity index (χ0n) is 9.43. The van der Waals surface area contributed by atoms with E-state index in [1.807, 2.05) is 0 Å². The summed E-state index contributed by atoms with van der Waals surface area (Å²) in [5.41, 5.74) is -0.915. The highest BCUT2D eigenvalue weighted by molar-refractivity contribution is 5.77. The van der Waals surface area contributed by atoms with E-state index in [-0.39, 0.29) is 12.8 Å². The first-order valence-corrected chi connectivity index (χ1v) is 5.10. The Labute approximate surface area is 94.5 Å². The molecule has 0 saturated carbocycles.